The van der Waals surface area contributed by atoms with Crippen LogP contribution in [0.5, 0.6) is 5.75 Å². The van der Waals surface area contributed by atoms with Crippen LogP contribution in [0.25, 0.3) is 0 Å². The minimum absolute atomic E-state index is 0.117. The molecule has 0 saturated carbocycles. The fourth-order valence-electron chi connectivity index (χ4n) is 3.81. The first kappa shape index (κ1) is 20.4. The maximum atomic E-state index is 11.0. The molecule has 0 amide bonds. The van der Waals surface area contributed by atoms with E-state index in [1.807, 2.05) is 36.2 Å². The molecule has 1 heterocycles. The van der Waals surface area contributed by atoms with Crippen molar-refractivity contribution in [1.29, 1.82) is 0 Å². The van der Waals surface area contributed by atoms with E-state index in [0.717, 1.165) is 50.2 Å². The molecular weight excluding hydrogens is 352 g/mol. The molecule has 150 valence electrons. The van der Waals surface area contributed by atoms with Crippen LogP contribution in [-0.2, 0) is 17.9 Å². The molecule has 0 radical (unpaired) electrons. The molecule has 1 saturated heterocycles. The third-order valence-corrected chi connectivity index (χ3v) is 5.35. The van der Waals surface area contributed by atoms with Crippen LogP contribution < -0.4 is 4.74 Å². The Labute approximate surface area is 167 Å². The largest absolute Gasteiger partial charge is 0.489 e. The number of hydrogen-bond acceptors (Lipinski definition) is 4. The molecule has 1 unspecified atom stereocenters. The summed E-state index contributed by atoms with van der Waals surface area (Å²) in [5, 5.41) is 9.01. The summed E-state index contributed by atoms with van der Waals surface area (Å²) in [6, 6.07) is 18.9. The number of likely N-dealkylation sites (N-methyl/N-ethyl adjacent to an activating group) is 1. The van der Waals surface area contributed by atoms with Crippen LogP contribution in [0.2, 0.25) is 0 Å². The molecule has 1 N–H and O–H groups in total. The third kappa shape index (κ3) is 6.36. The van der Waals surface area contributed by atoms with Gasteiger partial charge in [-0.15, -0.1) is 0 Å². The molecule has 3 rings (SSSR count). The number of carboxylic acids is 1. The van der Waals surface area contributed by atoms with Gasteiger partial charge in [-0.2, -0.15) is 0 Å². The van der Waals surface area contributed by atoms with Gasteiger partial charge in [-0.25, -0.2) is 0 Å². The zero-order valence-corrected chi connectivity index (χ0v) is 16.6. The van der Waals surface area contributed by atoms with Crippen molar-refractivity contribution in [2.75, 3.05) is 26.7 Å². The van der Waals surface area contributed by atoms with Crippen molar-refractivity contribution in [3.63, 3.8) is 0 Å². The van der Waals surface area contributed by atoms with Crippen molar-refractivity contribution in [2.24, 2.45) is 0 Å². The van der Waals surface area contributed by atoms with E-state index < -0.39 is 5.97 Å². The minimum Gasteiger partial charge on any atom is -0.489 e. The van der Waals surface area contributed by atoms with Gasteiger partial charge in [-0.1, -0.05) is 42.5 Å². The smallest absolute Gasteiger partial charge is 0.317 e. The summed E-state index contributed by atoms with van der Waals surface area (Å²) in [5.74, 6) is 0.145. The van der Waals surface area contributed by atoms with Crippen molar-refractivity contribution in [1.82, 2.24) is 9.80 Å². The first-order valence-corrected chi connectivity index (χ1v) is 10.0. The third-order valence-electron chi connectivity index (χ3n) is 5.35. The second kappa shape index (κ2) is 10.2. The highest BCUT2D eigenvalue weighted by Crippen LogP contribution is 2.20. The van der Waals surface area contributed by atoms with E-state index in [1.54, 1.807) is 0 Å². The van der Waals surface area contributed by atoms with Gasteiger partial charge in [-0.05, 0) is 62.7 Å². The van der Waals surface area contributed by atoms with E-state index in [1.165, 1.54) is 5.56 Å². The maximum Gasteiger partial charge on any atom is 0.317 e. The zero-order chi connectivity index (χ0) is 19.8. The van der Waals surface area contributed by atoms with Crippen LogP contribution in [0, 0.1) is 0 Å². The highest BCUT2D eigenvalue weighted by Gasteiger charge is 2.21. The van der Waals surface area contributed by atoms with Crippen LogP contribution in [0.3, 0.4) is 0 Å². The Kier molecular flexibility index (Phi) is 7.46. The van der Waals surface area contributed by atoms with E-state index in [2.05, 4.69) is 35.2 Å². The maximum absolute atomic E-state index is 11.0. The highest BCUT2D eigenvalue weighted by atomic mass is 16.5. The molecule has 0 bridgehead atoms. The van der Waals surface area contributed by atoms with E-state index in [4.69, 9.17) is 9.84 Å². The number of nitrogens with zero attached hydrogens (tertiary/aromatic N) is 2. The lowest BCUT2D eigenvalue weighted by Gasteiger charge is -2.25. The summed E-state index contributed by atoms with van der Waals surface area (Å²) in [6.07, 6.45) is 3.16. The van der Waals surface area contributed by atoms with Gasteiger partial charge < -0.3 is 9.84 Å². The molecule has 5 heteroatoms. The Morgan fingerprint density at radius 3 is 2.68 bits per heavy atom. The number of likely N-dealkylation sites (tertiary alicyclic amines) is 1. The van der Waals surface area contributed by atoms with Gasteiger partial charge in [0.1, 0.15) is 12.4 Å². The van der Waals surface area contributed by atoms with Crippen LogP contribution in [-0.4, -0.2) is 53.6 Å². The standard InChI is InChI=1S/C23H30N2O3/c1-24(17-23(26)27)21-10-6-13-25(14-12-21)16-20-9-5-11-22(15-20)28-18-19-7-3-2-4-8-19/h2-5,7-9,11,15,21H,6,10,12-14,16-18H2,1H3,(H,26,27). The lowest BCUT2D eigenvalue weighted by atomic mass is 10.1. The lowest BCUT2D eigenvalue weighted by molar-refractivity contribution is -0.138. The van der Waals surface area contributed by atoms with Crippen molar-refractivity contribution in [2.45, 2.75) is 38.5 Å². The SMILES string of the molecule is CN(CC(=O)O)C1CCCN(Cc2cccc(OCc3ccccc3)c2)CC1. The Bertz CT molecular complexity index is 751. The van der Waals surface area contributed by atoms with E-state index in [0.29, 0.717) is 12.6 Å². The van der Waals surface area contributed by atoms with Crippen molar-refractivity contribution >= 4 is 5.97 Å². The average molecular weight is 383 g/mol. The normalized spacial score (nSPS) is 18.0. The molecule has 1 fully saturated rings. The first-order valence-electron chi connectivity index (χ1n) is 10.0. The first-order chi connectivity index (χ1) is 13.6. The van der Waals surface area contributed by atoms with E-state index in [-0.39, 0.29) is 6.54 Å². The number of rotatable bonds is 8. The molecule has 2 aromatic carbocycles. The van der Waals surface area contributed by atoms with Gasteiger partial charge in [0, 0.05) is 12.6 Å². The fraction of sp³-hybridized carbons (Fsp3) is 0.435. The lowest BCUT2D eigenvalue weighted by Crippen LogP contribution is -2.36. The summed E-state index contributed by atoms with van der Waals surface area (Å²) in [4.78, 5) is 15.4. The highest BCUT2D eigenvalue weighted by molar-refractivity contribution is 5.69. The van der Waals surface area contributed by atoms with Gasteiger partial charge in [0.25, 0.3) is 0 Å². The number of aliphatic carboxylic acids is 1. The molecule has 5 nitrogen and oxygen atoms in total. The topological polar surface area (TPSA) is 53.0 Å². The van der Waals surface area contributed by atoms with Gasteiger partial charge in [0.05, 0.1) is 6.54 Å². The number of ether oxygens (including phenoxy) is 1. The summed E-state index contributed by atoms with van der Waals surface area (Å²) in [5.41, 5.74) is 2.42. The van der Waals surface area contributed by atoms with Crippen molar-refractivity contribution < 1.29 is 14.6 Å². The van der Waals surface area contributed by atoms with Crippen molar-refractivity contribution in [3.05, 3.63) is 65.7 Å². The summed E-state index contributed by atoms with van der Waals surface area (Å²) < 4.78 is 5.95. The van der Waals surface area contributed by atoms with E-state index in [9.17, 15) is 4.79 Å². The van der Waals surface area contributed by atoms with Gasteiger partial charge in [0.15, 0.2) is 0 Å². The van der Waals surface area contributed by atoms with Gasteiger partial charge in [-0.3, -0.25) is 14.6 Å². The predicted octanol–water partition coefficient (Wildman–Crippen LogP) is 3.64. The Hall–Kier alpha value is -2.37. The summed E-state index contributed by atoms with van der Waals surface area (Å²) in [6.45, 7) is 3.63. The summed E-state index contributed by atoms with van der Waals surface area (Å²) in [7, 11) is 1.92. The Morgan fingerprint density at radius 2 is 1.89 bits per heavy atom. The molecule has 2 aromatic rings. The number of carboxylic acid groups (broad SMARTS) is 1. The van der Waals surface area contributed by atoms with Crippen LogP contribution >= 0.6 is 0 Å². The quantitative estimate of drug-likeness (QED) is 0.755. The Balaban J connectivity index is 1.51. The van der Waals surface area contributed by atoms with Crippen LogP contribution in [0.15, 0.2) is 54.6 Å². The minimum atomic E-state index is -0.754. The number of benzene rings is 2. The van der Waals surface area contributed by atoms with Gasteiger partial charge >= 0.3 is 5.97 Å². The second-order valence-corrected chi connectivity index (χ2v) is 7.59. The van der Waals surface area contributed by atoms with Crippen LogP contribution in [0.1, 0.15) is 30.4 Å². The van der Waals surface area contributed by atoms with Crippen molar-refractivity contribution in [3.8, 4) is 5.75 Å². The second-order valence-electron chi connectivity index (χ2n) is 7.59. The van der Waals surface area contributed by atoms with E-state index >= 15 is 0 Å². The fourth-order valence-corrected chi connectivity index (χ4v) is 3.81. The molecular formula is C23H30N2O3. The summed E-state index contributed by atoms with van der Waals surface area (Å²) >= 11 is 0. The number of carbonyl (C=O) groups is 1. The molecule has 1 atom stereocenters. The van der Waals surface area contributed by atoms with Gasteiger partial charge in [0.2, 0.25) is 0 Å². The molecule has 1 aliphatic heterocycles. The molecule has 28 heavy (non-hydrogen) atoms. The van der Waals surface area contributed by atoms with Crippen LogP contribution in [0.4, 0.5) is 0 Å². The zero-order valence-electron chi connectivity index (χ0n) is 16.6. The average Bonchev–Trinajstić information content (AvgIpc) is 2.93. The predicted molar refractivity (Wildman–Crippen MR) is 110 cm³/mol. The molecule has 0 aromatic heterocycles. The molecule has 0 aliphatic carbocycles. The molecule has 1 aliphatic rings. The molecule has 0 spiro atoms. The monoisotopic (exact) mass is 382 g/mol. The number of hydrogen-bond donors (Lipinski definition) is 1. The Morgan fingerprint density at radius 1 is 1.11 bits per heavy atom.